The predicted octanol–water partition coefficient (Wildman–Crippen LogP) is 10.6. The number of hydrogen-bond acceptors (Lipinski definition) is 3. The molecule has 244 valence electrons. The number of anilines is 1. The Balaban J connectivity index is 0.00000159. The maximum absolute atomic E-state index is 11.0. The molecule has 2 N–H and O–H groups in total. The number of nitrogens with one attached hydrogen (secondary N) is 1. The summed E-state index contributed by atoms with van der Waals surface area (Å²) in [5, 5.41) is 17.1. The number of rotatable bonds is 4. The van der Waals surface area contributed by atoms with Crippen molar-refractivity contribution in [3.63, 3.8) is 0 Å². The molecule has 4 aromatic carbocycles. The SMILES string of the molecule is CC.C[C@H]1C[C@@H](c2ccc(O)c(-c3ccc4c(c3)c3ccccc3n4-c3cccc(N4C5CCCCC5C5CCCCC54)c3)c2)CN1. The molecule has 4 unspecified atom stereocenters. The van der Waals surface area contributed by atoms with Crippen LogP contribution in [0.15, 0.2) is 84.9 Å². The average Bonchev–Trinajstić information content (AvgIpc) is 3.81. The van der Waals surface area contributed by atoms with E-state index < -0.39 is 0 Å². The third kappa shape index (κ3) is 5.24. The molecule has 5 aromatic rings. The van der Waals surface area contributed by atoms with E-state index in [-0.39, 0.29) is 0 Å². The number of phenols is 1. The van der Waals surface area contributed by atoms with Gasteiger partial charge < -0.3 is 19.9 Å². The Hall–Kier alpha value is -3.76. The van der Waals surface area contributed by atoms with Crippen molar-refractivity contribution in [3.05, 3.63) is 90.5 Å². The van der Waals surface area contributed by atoms with E-state index in [2.05, 4.69) is 101 Å². The number of hydrogen-bond donors (Lipinski definition) is 2. The van der Waals surface area contributed by atoms with Crippen LogP contribution in [0.5, 0.6) is 5.75 Å². The van der Waals surface area contributed by atoms with Gasteiger partial charge in [0.2, 0.25) is 0 Å². The van der Waals surface area contributed by atoms with Crippen molar-refractivity contribution >= 4 is 27.5 Å². The molecule has 4 nitrogen and oxygen atoms in total. The average molecular weight is 626 g/mol. The van der Waals surface area contributed by atoms with Crippen molar-refractivity contribution in [2.45, 2.75) is 103 Å². The molecule has 2 saturated heterocycles. The molecule has 47 heavy (non-hydrogen) atoms. The van der Waals surface area contributed by atoms with Crippen LogP contribution in [0.1, 0.15) is 90.0 Å². The monoisotopic (exact) mass is 625 g/mol. The highest BCUT2D eigenvalue weighted by molar-refractivity contribution is 6.10. The molecule has 1 aromatic heterocycles. The molecule has 9 rings (SSSR count). The smallest absolute Gasteiger partial charge is 0.123 e. The summed E-state index contributed by atoms with van der Waals surface area (Å²) in [5.74, 6) is 2.59. The number of nitrogens with zero attached hydrogens (tertiary/aromatic N) is 2. The van der Waals surface area contributed by atoms with Crippen molar-refractivity contribution < 1.29 is 5.11 Å². The van der Waals surface area contributed by atoms with Crippen molar-refractivity contribution in [1.82, 2.24) is 9.88 Å². The first kappa shape index (κ1) is 30.6. The largest absolute Gasteiger partial charge is 0.507 e. The molecular weight excluding hydrogens is 574 g/mol. The zero-order valence-corrected chi connectivity index (χ0v) is 28.5. The van der Waals surface area contributed by atoms with Crippen molar-refractivity contribution in [3.8, 4) is 22.6 Å². The van der Waals surface area contributed by atoms with E-state index in [1.54, 1.807) is 0 Å². The van der Waals surface area contributed by atoms with Gasteiger partial charge >= 0.3 is 0 Å². The molecule has 0 spiro atoms. The summed E-state index contributed by atoms with van der Waals surface area (Å²) >= 11 is 0. The fraction of sp³-hybridized carbons (Fsp3) is 0.442. The minimum Gasteiger partial charge on any atom is -0.507 e. The lowest BCUT2D eigenvalue weighted by Crippen LogP contribution is -2.39. The fourth-order valence-electron chi connectivity index (χ4n) is 10.0. The quantitative estimate of drug-likeness (QED) is 0.209. The first-order valence-electron chi connectivity index (χ1n) is 18.6. The van der Waals surface area contributed by atoms with Gasteiger partial charge in [-0.1, -0.05) is 75.9 Å². The van der Waals surface area contributed by atoms with Gasteiger partial charge in [-0.2, -0.15) is 0 Å². The van der Waals surface area contributed by atoms with Crippen LogP contribution in [0.2, 0.25) is 0 Å². The van der Waals surface area contributed by atoms with Crippen LogP contribution in [-0.2, 0) is 0 Å². The first-order chi connectivity index (χ1) is 23.1. The van der Waals surface area contributed by atoms with Gasteiger partial charge in [0.05, 0.1) is 11.0 Å². The Kier molecular flexibility index (Phi) is 8.25. The molecule has 4 aliphatic rings. The molecule has 0 radical (unpaired) electrons. The van der Waals surface area contributed by atoms with Gasteiger partial charge in [0, 0.05) is 52.4 Å². The van der Waals surface area contributed by atoms with Crippen molar-refractivity contribution in [1.29, 1.82) is 0 Å². The molecule has 0 bridgehead atoms. The van der Waals surface area contributed by atoms with Gasteiger partial charge in [-0.3, -0.25) is 0 Å². The summed E-state index contributed by atoms with van der Waals surface area (Å²) in [6.45, 7) is 7.25. The van der Waals surface area contributed by atoms with Gasteiger partial charge in [-0.05, 0) is 116 Å². The van der Waals surface area contributed by atoms with E-state index in [4.69, 9.17) is 0 Å². The number of fused-ring (bicyclic) bond motifs is 6. The van der Waals surface area contributed by atoms with Crippen molar-refractivity contribution in [2.75, 3.05) is 11.4 Å². The summed E-state index contributed by atoms with van der Waals surface area (Å²) in [7, 11) is 0. The molecule has 2 saturated carbocycles. The van der Waals surface area contributed by atoms with Crippen LogP contribution in [-0.4, -0.2) is 34.3 Å². The summed E-state index contributed by atoms with van der Waals surface area (Å²) < 4.78 is 2.46. The zero-order chi connectivity index (χ0) is 32.1. The predicted molar refractivity (Wildman–Crippen MR) is 198 cm³/mol. The van der Waals surface area contributed by atoms with E-state index in [1.165, 1.54) is 90.1 Å². The lowest BCUT2D eigenvalue weighted by molar-refractivity contribution is 0.231. The molecule has 2 aliphatic carbocycles. The fourth-order valence-corrected chi connectivity index (χ4v) is 10.0. The number of benzene rings is 4. The second-order valence-electron chi connectivity index (χ2n) is 14.6. The Morgan fingerprint density at radius 1 is 0.681 bits per heavy atom. The van der Waals surface area contributed by atoms with Gasteiger partial charge in [0.15, 0.2) is 0 Å². The summed E-state index contributed by atoms with van der Waals surface area (Å²) in [6, 6.07) is 33.2. The van der Waals surface area contributed by atoms with Gasteiger partial charge in [0.25, 0.3) is 0 Å². The lowest BCUT2D eigenvalue weighted by Gasteiger charge is -2.36. The molecule has 6 atom stereocenters. The minimum atomic E-state index is 0.348. The van der Waals surface area contributed by atoms with Crippen LogP contribution in [0.3, 0.4) is 0 Å². The Bertz CT molecular complexity index is 1870. The zero-order valence-electron chi connectivity index (χ0n) is 28.5. The standard InChI is InChI=1S/C41H45N3O.C2H6/c1-26-21-29(25-42-26)27-18-20-41(45)35(22-27)28-17-19-40-36(23-28)34-13-4-7-16-39(34)44(40)31-10-8-9-30(24-31)43-37-14-5-2-11-32(37)33-12-3-6-15-38(33)43;1-2/h4,7-10,13,16-20,22-24,26,29,32-33,37-38,42,45H,2-3,5-6,11-12,14-15,21,25H2,1H3;1-2H3/t26-,29+,32?,33?,37?,38?;/m0./s1. The van der Waals surface area contributed by atoms with Gasteiger partial charge in [-0.15, -0.1) is 0 Å². The topological polar surface area (TPSA) is 40.4 Å². The molecular formula is C43H51N3O. The highest BCUT2D eigenvalue weighted by Gasteiger charge is 2.49. The third-order valence-electron chi connectivity index (χ3n) is 12.0. The third-order valence-corrected chi connectivity index (χ3v) is 12.0. The van der Waals surface area contributed by atoms with Crippen molar-refractivity contribution in [2.24, 2.45) is 11.8 Å². The Morgan fingerprint density at radius 3 is 2.13 bits per heavy atom. The van der Waals surface area contributed by atoms with Crippen LogP contribution >= 0.6 is 0 Å². The number of aromatic nitrogens is 1. The highest BCUT2D eigenvalue weighted by atomic mass is 16.3. The first-order valence-corrected chi connectivity index (χ1v) is 18.6. The lowest BCUT2D eigenvalue weighted by atomic mass is 9.73. The van der Waals surface area contributed by atoms with Crippen LogP contribution < -0.4 is 10.2 Å². The molecule has 3 heterocycles. The Morgan fingerprint density at radius 2 is 1.38 bits per heavy atom. The van der Waals surface area contributed by atoms with E-state index in [0.29, 0.717) is 29.8 Å². The molecule has 2 aliphatic heterocycles. The second kappa shape index (κ2) is 12.7. The van der Waals surface area contributed by atoms with Gasteiger partial charge in [-0.25, -0.2) is 0 Å². The maximum atomic E-state index is 11.0. The van der Waals surface area contributed by atoms with E-state index >= 15 is 0 Å². The van der Waals surface area contributed by atoms with Gasteiger partial charge in [0.1, 0.15) is 5.75 Å². The molecule has 4 heteroatoms. The summed E-state index contributed by atoms with van der Waals surface area (Å²) in [6.07, 6.45) is 12.3. The highest BCUT2D eigenvalue weighted by Crippen LogP contribution is 2.51. The van der Waals surface area contributed by atoms with E-state index in [0.717, 1.165) is 35.9 Å². The van der Waals surface area contributed by atoms with Crippen LogP contribution in [0.4, 0.5) is 5.69 Å². The number of aromatic hydroxyl groups is 1. The molecule has 0 amide bonds. The van der Waals surface area contributed by atoms with E-state index in [1.807, 2.05) is 19.9 Å². The van der Waals surface area contributed by atoms with Crippen LogP contribution in [0.25, 0.3) is 38.6 Å². The van der Waals surface area contributed by atoms with Crippen LogP contribution in [0, 0.1) is 11.8 Å². The minimum absolute atomic E-state index is 0.348. The maximum Gasteiger partial charge on any atom is 0.123 e. The molecule has 4 fully saturated rings. The normalized spacial score (nSPS) is 27.0. The second-order valence-corrected chi connectivity index (χ2v) is 14.6. The number of phenolic OH excluding ortho intramolecular Hbond substituents is 1. The van der Waals surface area contributed by atoms with E-state index in [9.17, 15) is 5.11 Å². The summed E-state index contributed by atoms with van der Waals surface area (Å²) in [5.41, 5.74) is 8.41. The Labute approximate surface area is 280 Å². The number of para-hydroxylation sites is 1. The summed E-state index contributed by atoms with van der Waals surface area (Å²) in [4.78, 5) is 2.89.